The number of nitrogens with zero attached hydrogens (tertiary/aromatic N) is 2. The zero-order chi connectivity index (χ0) is 22.7. The van der Waals surface area contributed by atoms with Crippen LogP contribution in [0.15, 0.2) is 71.8 Å². The Labute approximate surface area is 191 Å². The summed E-state index contributed by atoms with van der Waals surface area (Å²) in [5.41, 5.74) is 2.70. The highest BCUT2D eigenvalue weighted by Gasteiger charge is 2.39. The van der Waals surface area contributed by atoms with Crippen molar-refractivity contribution in [2.45, 2.75) is 30.3 Å². The Balaban J connectivity index is 1.45. The van der Waals surface area contributed by atoms with Gasteiger partial charge in [-0.25, -0.2) is 17.8 Å². The molecular formula is C23H21ClFN3O3S. The summed E-state index contributed by atoms with van der Waals surface area (Å²) >= 11 is 5.84. The molecule has 1 N–H and O–H groups in total. The molecule has 0 unspecified atom stereocenters. The fourth-order valence-electron chi connectivity index (χ4n) is 3.75. The molecule has 4 rings (SSSR count). The quantitative estimate of drug-likeness (QED) is 0.548. The first-order chi connectivity index (χ1) is 15.3. The van der Waals surface area contributed by atoms with Gasteiger partial charge in [-0.3, -0.25) is 4.79 Å². The van der Waals surface area contributed by atoms with Gasteiger partial charge in [0.1, 0.15) is 17.0 Å². The minimum Gasteiger partial charge on any atom is -0.351 e. The van der Waals surface area contributed by atoms with Crippen LogP contribution in [-0.2, 0) is 21.4 Å². The van der Waals surface area contributed by atoms with E-state index in [0.29, 0.717) is 18.0 Å². The zero-order valence-electron chi connectivity index (χ0n) is 17.0. The normalized spacial score (nSPS) is 16.8. The minimum absolute atomic E-state index is 0.0251. The Morgan fingerprint density at radius 1 is 1.12 bits per heavy atom. The van der Waals surface area contributed by atoms with Crippen molar-refractivity contribution in [1.82, 2.24) is 14.6 Å². The summed E-state index contributed by atoms with van der Waals surface area (Å²) in [7, 11) is -3.89. The number of carbonyl (C=O) groups is 1. The van der Waals surface area contributed by atoms with E-state index in [-0.39, 0.29) is 23.9 Å². The summed E-state index contributed by atoms with van der Waals surface area (Å²) in [4.78, 5) is 16.9. The topological polar surface area (TPSA) is 79.4 Å². The first kappa shape index (κ1) is 22.4. The fourth-order valence-corrected chi connectivity index (χ4v) is 5.51. The summed E-state index contributed by atoms with van der Waals surface area (Å²) in [5, 5.41) is 3.26. The lowest BCUT2D eigenvalue weighted by atomic mass is 10.0. The van der Waals surface area contributed by atoms with Crippen LogP contribution < -0.4 is 5.32 Å². The van der Waals surface area contributed by atoms with E-state index in [1.54, 1.807) is 12.3 Å². The molecule has 0 saturated carbocycles. The predicted octanol–water partition coefficient (Wildman–Crippen LogP) is 4.01. The molecule has 9 heteroatoms. The summed E-state index contributed by atoms with van der Waals surface area (Å²) in [6.45, 7) is 0.505. The van der Waals surface area contributed by atoms with Gasteiger partial charge in [0.2, 0.25) is 15.9 Å². The van der Waals surface area contributed by atoms with Crippen molar-refractivity contribution >= 4 is 27.5 Å². The van der Waals surface area contributed by atoms with Gasteiger partial charge in [-0.05, 0) is 66.4 Å². The van der Waals surface area contributed by atoms with Gasteiger partial charge in [0.05, 0.1) is 4.90 Å². The lowest BCUT2D eigenvalue weighted by Crippen LogP contribution is -2.45. The van der Waals surface area contributed by atoms with E-state index in [4.69, 9.17) is 11.6 Å². The molecule has 0 bridgehead atoms. The van der Waals surface area contributed by atoms with Crippen LogP contribution in [0, 0.1) is 5.82 Å². The number of benzene rings is 2. The van der Waals surface area contributed by atoms with E-state index < -0.39 is 21.9 Å². The second-order valence-electron chi connectivity index (χ2n) is 7.52. The van der Waals surface area contributed by atoms with E-state index in [2.05, 4.69) is 10.3 Å². The van der Waals surface area contributed by atoms with E-state index in [9.17, 15) is 17.6 Å². The number of amides is 1. The van der Waals surface area contributed by atoms with Gasteiger partial charge in [-0.1, -0.05) is 29.8 Å². The predicted molar refractivity (Wildman–Crippen MR) is 120 cm³/mol. The number of pyridine rings is 1. The van der Waals surface area contributed by atoms with Gasteiger partial charge in [-0.15, -0.1) is 0 Å². The summed E-state index contributed by atoms with van der Waals surface area (Å²) in [6.07, 6.45) is 2.69. The minimum atomic E-state index is -3.89. The molecule has 0 aliphatic carbocycles. The smallest absolute Gasteiger partial charge is 0.243 e. The SMILES string of the molecule is O=C(NCc1cccc(-c2ccc(Cl)nc2)c1)[C@@H]1CCCN1S(=O)(=O)c1ccc(F)cc1. The number of hydrogen-bond donors (Lipinski definition) is 1. The van der Waals surface area contributed by atoms with Crippen LogP contribution >= 0.6 is 11.6 Å². The summed E-state index contributed by atoms with van der Waals surface area (Å²) in [6, 6.07) is 15.0. The number of sulfonamides is 1. The molecule has 1 aliphatic rings. The third kappa shape index (κ3) is 4.82. The Morgan fingerprint density at radius 2 is 1.91 bits per heavy atom. The second kappa shape index (κ2) is 9.36. The average Bonchev–Trinajstić information content (AvgIpc) is 3.30. The van der Waals surface area contributed by atoms with Crippen LogP contribution in [0.2, 0.25) is 5.15 Å². The molecule has 1 saturated heterocycles. The molecule has 3 aromatic rings. The van der Waals surface area contributed by atoms with Crippen molar-refractivity contribution in [3.63, 3.8) is 0 Å². The first-order valence-corrected chi connectivity index (χ1v) is 11.9. The van der Waals surface area contributed by atoms with Crippen molar-refractivity contribution in [1.29, 1.82) is 0 Å². The lowest BCUT2D eigenvalue weighted by Gasteiger charge is -2.23. The van der Waals surface area contributed by atoms with E-state index in [0.717, 1.165) is 28.8 Å². The Bertz CT molecular complexity index is 1220. The van der Waals surface area contributed by atoms with Gasteiger partial charge in [0, 0.05) is 24.8 Å². The zero-order valence-corrected chi connectivity index (χ0v) is 18.6. The van der Waals surface area contributed by atoms with E-state index in [1.807, 2.05) is 30.3 Å². The first-order valence-electron chi connectivity index (χ1n) is 10.1. The van der Waals surface area contributed by atoms with Crippen LogP contribution in [0.1, 0.15) is 18.4 Å². The number of hydrogen-bond acceptors (Lipinski definition) is 4. The standard InChI is InChI=1S/C23H21ClFN3O3S/c24-22-11-6-18(15-26-22)17-4-1-3-16(13-17)14-27-23(29)21-5-2-12-28(21)32(30,31)20-9-7-19(25)8-10-20/h1,3-4,6-11,13,15,21H,2,5,12,14H2,(H,27,29)/t21-/m0/s1. The monoisotopic (exact) mass is 473 g/mol. The Kier molecular flexibility index (Phi) is 6.55. The van der Waals surface area contributed by atoms with Gasteiger partial charge >= 0.3 is 0 Å². The van der Waals surface area contributed by atoms with Crippen molar-refractivity contribution in [2.75, 3.05) is 6.54 Å². The largest absolute Gasteiger partial charge is 0.351 e. The molecule has 0 radical (unpaired) electrons. The van der Waals surface area contributed by atoms with Crippen LogP contribution in [-0.4, -0.2) is 36.2 Å². The van der Waals surface area contributed by atoms with E-state index in [1.165, 1.54) is 16.4 Å². The average molecular weight is 474 g/mol. The van der Waals surface area contributed by atoms with Crippen LogP contribution in [0.25, 0.3) is 11.1 Å². The molecule has 1 amide bonds. The molecule has 6 nitrogen and oxygen atoms in total. The maximum Gasteiger partial charge on any atom is 0.243 e. The van der Waals surface area contributed by atoms with Gasteiger partial charge in [0.25, 0.3) is 0 Å². The van der Waals surface area contributed by atoms with Gasteiger partial charge < -0.3 is 5.32 Å². The van der Waals surface area contributed by atoms with Crippen molar-refractivity contribution in [3.8, 4) is 11.1 Å². The maximum absolute atomic E-state index is 13.2. The summed E-state index contributed by atoms with van der Waals surface area (Å²) in [5.74, 6) is -0.872. The van der Waals surface area contributed by atoms with Crippen molar-refractivity contribution in [3.05, 3.63) is 83.4 Å². The molecular weight excluding hydrogens is 453 g/mol. The highest BCUT2D eigenvalue weighted by molar-refractivity contribution is 7.89. The highest BCUT2D eigenvalue weighted by Crippen LogP contribution is 2.27. The Morgan fingerprint density at radius 3 is 2.62 bits per heavy atom. The molecule has 2 heterocycles. The highest BCUT2D eigenvalue weighted by atomic mass is 35.5. The lowest BCUT2D eigenvalue weighted by molar-refractivity contribution is -0.124. The number of nitrogens with one attached hydrogen (secondary N) is 1. The van der Waals surface area contributed by atoms with Gasteiger partial charge in [-0.2, -0.15) is 4.31 Å². The number of rotatable bonds is 6. The van der Waals surface area contributed by atoms with Crippen LogP contribution in [0.5, 0.6) is 0 Å². The van der Waals surface area contributed by atoms with Crippen molar-refractivity contribution < 1.29 is 17.6 Å². The molecule has 1 aliphatic heterocycles. The molecule has 0 spiro atoms. The Hall–Kier alpha value is -2.81. The number of halogens is 2. The molecule has 1 fully saturated rings. The second-order valence-corrected chi connectivity index (χ2v) is 9.79. The molecule has 32 heavy (non-hydrogen) atoms. The molecule has 2 aromatic carbocycles. The van der Waals surface area contributed by atoms with Crippen LogP contribution in [0.4, 0.5) is 4.39 Å². The molecule has 1 atom stereocenters. The fraction of sp³-hybridized carbons (Fsp3) is 0.217. The maximum atomic E-state index is 13.2. The van der Waals surface area contributed by atoms with Gasteiger partial charge in [0.15, 0.2) is 0 Å². The third-order valence-electron chi connectivity index (χ3n) is 5.38. The molecule has 166 valence electrons. The third-order valence-corrected chi connectivity index (χ3v) is 7.53. The van der Waals surface area contributed by atoms with Crippen LogP contribution in [0.3, 0.4) is 0 Å². The number of aromatic nitrogens is 1. The molecule has 1 aromatic heterocycles. The van der Waals surface area contributed by atoms with E-state index >= 15 is 0 Å². The summed E-state index contributed by atoms with van der Waals surface area (Å²) < 4.78 is 40.3. The van der Waals surface area contributed by atoms with Crippen molar-refractivity contribution in [2.24, 2.45) is 0 Å². The number of carbonyl (C=O) groups excluding carboxylic acids is 1.